The van der Waals surface area contributed by atoms with E-state index in [1.54, 1.807) is 0 Å². The van der Waals surface area contributed by atoms with Crippen LogP contribution in [-0.2, 0) is 17.6 Å². The third-order valence-corrected chi connectivity index (χ3v) is 5.69. The number of carbonyl (C=O) groups is 1. The van der Waals surface area contributed by atoms with E-state index < -0.39 is 0 Å². The number of imidazole rings is 1. The molecule has 1 aliphatic heterocycles. The molecule has 1 aliphatic rings. The Morgan fingerprint density at radius 3 is 2.63 bits per heavy atom. The molecule has 27 heavy (non-hydrogen) atoms. The molecule has 1 N–H and O–H groups in total. The lowest BCUT2D eigenvalue weighted by atomic mass is 9.88. The first kappa shape index (κ1) is 17.8. The van der Waals surface area contributed by atoms with Gasteiger partial charge in [-0.05, 0) is 42.4 Å². The van der Waals surface area contributed by atoms with Crippen LogP contribution in [-0.4, -0.2) is 33.9 Å². The fraction of sp³-hybridized carbons (Fsp3) is 0.391. The van der Waals surface area contributed by atoms with Crippen LogP contribution in [0, 0.1) is 0 Å². The Morgan fingerprint density at radius 1 is 1.11 bits per heavy atom. The SMILES string of the molecule is CCc1nc2c(C3CCN(C(=O)CCc4ccccc4)CC3)cccc2[nH]1. The van der Waals surface area contributed by atoms with Gasteiger partial charge in [-0.2, -0.15) is 0 Å². The summed E-state index contributed by atoms with van der Waals surface area (Å²) in [5.41, 5.74) is 4.81. The zero-order valence-corrected chi connectivity index (χ0v) is 15.9. The van der Waals surface area contributed by atoms with Crippen LogP contribution in [0.3, 0.4) is 0 Å². The van der Waals surface area contributed by atoms with Gasteiger partial charge in [-0.1, -0.05) is 49.4 Å². The van der Waals surface area contributed by atoms with Gasteiger partial charge < -0.3 is 9.88 Å². The molecule has 4 heteroatoms. The number of para-hydroxylation sites is 1. The first-order valence-electron chi connectivity index (χ1n) is 10.0. The Hall–Kier alpha value is -2.62. The normalized spacial score (nSPS) is 15.4. The Labute approximate surface area is 160 Å². The molecule has 3 aromatic rings. The van der Waals surface area contributed by atoms with E-state index in [0.717, 1.165) is 55.6 Å². The molecule has 0 unspecified atom stereocenters. The van der Waals surface area contributed by atoms with E-state index in [2.05, 4.69) is 42.2 Å². The van der Waals surface area contributed by atoms with E-state index in [4.69, 9.17) is 4.98 Å². The largest absolute Gasteiger partial charge is 0.343 e. The predicted octanol–water partition coefficient (Wildman–Crippen LogP) is 4.46. The topological polar surface area (TPSA) is 49.0 Å². The van der Waals surface area contributed by atoms with Gasteiger partial charge in [0, 0.05) is 25.9 Å². The van der Waals surface area contributed by atoms with Gasteiger partial charge in [0.05, 0.1) is 11.0 Å². The number of nitrogens with zero attached hydrogens (tertiary/aromatic N) is 2. The molecule has 0 spiro atoms. The minimum atomic E-state index is 0.281. The van der Waals surface area contributed by atoms with E-state index in [1.165, 1.54) is 11.1 Å². The molecule has 0 saturated carbocycles. The van der Waals surface area contributed by atoms with Gasteiger partial charge in [0.15, 0.2) is 0 Å². The number of rotatable bonds is 5. The third-order valence-electron chi connectivity index (χ3n) is 5.69. The zero-order chi connectivity index (χ0) is 18.6. The maximum Gasteiger partial charge on any atom is 0.222 e. The molecule has 2 heterocycles. The number of aryl methyl sites for hydroxylation is 2. The van der Waals surface area contributed by atoms with E-state index in [0.29, 0.717) is 12.3 Å². The quantitative estimate of drug-likeness (QED) is 0.729. The summed E-state index contributed by atoms with van der Waals surface area (Å²) in [6.07, 6.45) is 4.38. The third kappa shape index (κ3) is 3.90. The Morgan fingerprint density at radius 2 is 1.89 bits per heavy atom. The number of benzene rings is 2. The number of fused-ring (bicyclic) bond motifs is 1. The summed E-state index contributed by atoms with van der Waals surface area (Å²) in [5, 5.41) is 0. The van der Waals surface area contributed by atoms with Crippen molar-refractivity contribution >= 4 is 16.9 Å². The fourth-order valence-electron chi connectivity index (χ4n) is 4.10. The molecule has 0 radical (unpaired) electrons. The van der Waals surface area contributed by atoms with Crippen LogP contribution in [0.2, 0.25) is 0 Å². The van der Waals surface area contributed by atoms with Gasteiger partial charge in [-0.25, -0.2) is 4.98 Å². The molecule has 4 rings (SSSR count). The molecule has 140 valence electrons. The van der Waals surface area contributed by atoms with E-state index >= 15 is 0 Å². The number of carbonyl (C=O) groups excluding carboxylic acids is 1. The van der Waals surface area contributed by atoms with Crippen molar-refractivity contribution in [3.63, 3.8) is 0 Å². The summed E-state index contributed by atoms with van der Waals surface area (Å²) in [6, 6.07) is 16.7. The van der Waals surface area contributed by atoms with Crippen LogP contribution < -0.4 is 0 Å². The van der Waals surface area contributed by atoms with Crippen molar-refractivity contribution in [3.8, 4) is 0 Å². The molecule has 1 amide bonds. The second-order valence-electron chi connectivity index (χ2n) is 7.42. The molecule has 0 aliphatic carbocycles. The number of aromatic nitrogens is 2. The van der Waals surface area contributed by atoms with E-state index in [-0.39, 0.29) is 5.91 Å². The van der Waals surface area contributed by atoms with Crippen LogP contribution in [0.15, 0.2) is 48.5 Å². The minimum Gasteiger partial charge on any atom is -0.343 e. The van der Waals surface area contributed by atoms with Crippen LogP contribution in [0.5, 0.6) is 0 Å². The highest BCUT2D eigenvalue weighted by Crippen LogP contribution is 2.32. The number of aromatic amines is 1. The molecule has 1 fully saturated rings. The van der Waals surface area contributed by atoms with Gasteiger partial charge in [0.2, 0.25) is 5.91 Å². The Kier molecular flexibility index (Phi) is 5.23. The number of hydrogen-bond acceptors (Lipinski definition) is 2. The number of piperidine rings is 1. The second kappa shape index (κ2) is 7.95. The van der Waals surface area contributed by atoms with E-state index in [1.807, 2.05) is 23.1 Å². The zero-order valence-electron chi connectivity index (χ0n) is 15.9. The lowest BCUT2D eigenvalue weighted by molar-refractivity contribution is -0.132. The molecule has 2 aromatic carbocycles. The number of H-pyrrole nitrogens is 1. The van der Waals surface area contributed by atoms with Crippen molar-refractivity contribution in [3.05, 3.63) is 65.5 Å². The van der Waals surface area contributed by atoms with Crippen LogP contribution >= 0.6 is 0 Å². The van der Waals surface area contributed by atoms with Crippen molar-refractivity contribution in [1.29, 1.82) is 0 Å². The number of amides is 1. The Balaban J connectivity index is 1.37. The highest BCUT2D eigenvalue weighted by atomic mass is 16.2. The summed E-state index contributed by atoms with van der Waals surface area (Å²) >= 11 is 0. The number of hydrogen-bond donors (Lipinski definition) is 1. The van der Waals surface area contributed by atoms with E-state index in [9.17, 15) is 4.79 Å². The van der Waals surface area contributed by atoms with Gasteiger partial charge in [0.1, 0.15) is 5.82 Å². The summed E-state index contributed by atoms with van der Waals surface area (Å²) in [5.74, 6) is 1.81. The summed E-state index contributed by atoms with van der Waals surface area (Å²) in [4.78, 5) is 22.8. The average molecular weight is 361 g/mol. The summed E-state index contributed by atoms with van der Waals surface area (Å²) < 4.78 is 0. The van der Waals surface area contributed by atoms with Gasteiger partial charge in [0.25, 0.3) is 0 Å². The highest BCUT2D eigenvalue weighted by Gasteiger charge is 2.25. The van der Waals surface area contributed by atoms with Gasteiger partial charge in [-0.3, -0.25) is 4.79 Å². The molecular weight excluding hydrogens is 334 g/mol. The standard InChI is InChI=1S/C23H27N3O/c1-2-21-24-20-10-6-9-19(23(20)25-21)18-13-15-26(16-14-18)22(27)12-11-17-7-4-3-5-8-17/h3-10,18H,2,11-16H2,1H3,(H,24,25). The maximum absolute atomic E-state index is 12.6. The first-order valence-corrected chi connectivity index (χ1v) is 10.0. The average Bonchev–Trinajstić information content (AvgIpc) is 3.16. The molecular formula is C23H27N3O. The smallest absolute Gasteiger partial charge is 0.222 e. The van der Waals surface area contributed by atoms with Gasteiger partial charge >= 0.3 is 0 Å². The number of likely N-dealkylation sites (tertiary alicyclic amines) is 1. The van der Waals surface area contributed by atoms with Gasteiger partial charge in [-0.15, -0.1) is 0 Å². The van der Waals surface area contributed by atoms with Crippen molar-refractivity contribution in [2.24, 2.45) is 0 Å². The molecule has 4 nitrogen and oxygen atoms in total. The van der Waals surface area contributed by atoms with Crippen LogP contribution in [0.1, 0.15) is 49.1 Å². The number of nitrogens with one attached hydrogen (secondary N) is 1. The maximum atomic E-state index is 12.6. The molecule has 1 saturated heterocycles. The van der Waals surface area contributed by atoms with Crippen molar-refractivity contribution in [2.75, 3.05) is 13.1 Å². The summed E-state index contributed by atoms with van der Waals surface area (Å²) in [6.45, 7) is 3.82. The minimum absolute atomic E-state index is 0.281. The Bertz CT molecular complexity index is 908. The monoisotopic (exact) mass is 361 g/mol. The molecule has 0 atom stereocenters. The van der Waals surface area contributed by atoms with Crippen molar-refractivity contribution < 1.29 is 4.79 Å². The molecule has 1 aromatic heterocycles. The first-order chi connectivity index (χ1) is 13.2. The predicted molar refractivity (Wildman–Crippen MR) is 109 cm³/mol. The second-order valence-corrected chi connectivity index (χ2v) is 7.42. The summed E-state index contributed by atoms with van der Waals surface area (Å²) in [7, 11) is 0. The highest BCUT2D eigenvalue weighted by molar-refractivity contribution is 5.80. The lowest BCUT2D eigenvalue weighted by Gasteiger charge is -2.32. The van der Waals surface area contributed by atoms with Crippen LogP contribution in [0.4, 0.5) is 0 Å². The van der Waals surface area contributed by atoms with Crippen molar-refractivity contribution in [2.45, 2.75) is 44.9 Å². The van der Waals surface area contributed by atoms with Crippen molar-refractivity contribution in [1.82, 2.24) is 14.9 Å². The molecule has 0 bridgehead atoms. The fourth-order valence-corrected chi connectivity index (χ4v) is 4.10. The lowest BCUT2D eigenvalue weighted by Crippen LogP contribution is -2.38. The van der Waals surface area contributed by atoms with Crippen LogP contribution in [0.25, 0.3) is 11.0 Å².